The van der Waals surface area contributed by atoms with E-state index in [-0.39, 0.29) is 11.7 Å². The number of hydrogen-bond donors (Lipinski definition) is 1. The quantitative estimate of drug-likeness (QED) is 0.798. The van der Waals surface area contributed by atoms with E-state index in [0.29, 0.717) is 15.6 Å². The van der Waals surface area contributed by atoms with Crippen LogP contribution >= 0.6 is 23.2 Å². The molecule has 0 bridgehead atoms. The SMILES string of the molecule is Cc1ccc(Cl)c(Cl)c1-c1ccc(C2C(=O)NC(C)(C)C2=O)cc1. The molecule has 124 valence electrons. The van der Waals surface area contributed by atoms with Crippen LogP contribution in [-0.4, -0.2) is 17.2 Å². The van der Waals surface area contributed by atoms with Gasteiger partial charge in [0.1, 0.15) is 5.92 Å². The van der Waals surface area contributed by atoms with E-state index >= 15 is 0 Å². The van der Waals surface area contributed by atoms with Crippen molar-refractivity contribution in [3.8, 4) is 11.1 Å². The van der Waals surface area contributed by atoms with Crippen LogP contribution in [0.2, 0.25) is 10.0 Å². The first-order chi connectivity index (χ1) is 11.2. The van der Waals surface area contributed by atoms with E-state index in [0.717, 1.165) is 16.7 Å². The van der Waals surface area contributed by atoms with Gasteiger partial charge in [0.15, 0.2) is 5.78 Å². The molecular formula is C19H17Cl2NO2. The third-order valence-electron chi connectivity index (χ3n) is 4.41. The minimum Gasteiger partial charge on any atom is -0.343 e. The fraction of sp³-hybridized carbons (Fsp3) is 0.263. The second kappa shape index (κ2) is 5.91. The van der Waals surface area contributed by atoms with Crippen LogP contribution in [0.4, 0.5) is 0 Å². The number of aryl methyl sites for hydroxylation is 1. The number of amides is 1. The highest BCUT2D eigenvalue weighted by Gasteiger charge is 2.46. The topological polar surface area (TPSA) is 46.2 Å². The fourth-order valence-corrected chi connectivity index (χ4v) is 3.55. The van der Waals surface area contributed by atoms with E-state index in [1.165, 1.54) is 0 Å². The molecular weight excluding hydrogens is 345 g/mol. The number of Topliss-reactive ketones (excluding diaryl/α,β-unsaturated/α-hetero) is 1. The van der Waals surface area contributed by atoms with Gasteiger partial charge in [-0.3, -0.25) is 9.59 Å². The van der Waals surface area contributed by atoms with Crippen LogP contribution in [-0.2, 0) is 9.59 Å². The lowest BCUT2D eigenvalue weighted by Gasteiger charge is -2.15. The van der Waals surface area contributed by atoms with E-state index in [1.807, 2.05) is 25.1 Å². The maximum atomic E-state index is 12.4. The molecule has 1 unspecified atom stereocenters. The van der Waals surface area contributed by atoms with Crippen LogP contribution in [0.5, 0.6) is 0 Å². The zero-order valence-electron chi connectivity index (χ0n) is 13.6. The lowest BCUT2D eigenvalue weighted by Crippen LogP contribution is -2.39. The molecule has 0 spiro atoms. The highest BCUT2D eigenvalue weighted by Crippen LogP contribution is 2.37. The van der Waals surface area contributed by atoms with Gasteiger partial charge in [0.2, 0.25) is 5.91 Å². The van der Waals surface area contributed by atoms with Crippen LogP contribution in [0.25, 0.3) is 11.1 Å². The summed E-state index contributed by atoms with van der Waals surface area (Å²) in [6.07, 6.45) is 0. The number of halogens is 2. The minimum absolute atomic E-state index is 0.114. The molecule has 1 atom stereocenters. The molecule has 5 heteroatoms. The summed E-state index contributed by atoms with van der Waals surface area (Å²) in [5.41, 5.74) is 2.62. The van der Waals surface area contributed by atoms with E-state index in [2.05, 4.69) is 5.32 Å². The second-order valence-corrected chi connectivity index (χ2v) is 7.37. The Hall–Kier alpha value is -1.84. The molecule has 3 rings (SSSR count). The number of carbonyl (C=O) groups is 2. The number of nitrogens with one attached hydrogen (secondary N) is 1. The standard InChI is InChI=1S/C19H17Cl2NO2/c1-10-4-9-13(20)16(21)14(10)11-5-7-12(8-6-11)15-17(23)19(2,3)22-18(15)24/h4-9,15H,1-3H3,(H,22,24). The number of ketones is 1. The predicted octanol–water partition coefficient (Wildman–Crippen LogP) is 4.53. The van der Waals surface area contributed by atoms with Crippen molar-refractivity contribution in [1.29, 1.82) is 0 Å². The molecule has 0 saturated carbocycles. The summed E-state index contributed by atoms with van der Waals surface area (Å²) in [4.78, 5) is 24.6. The second-order valence-electron chi connectivity index (χ2n) is 6.59. The molecule has 24 heavy (non-hydrogen) atoms. The molecule has 1 saturated heterocycles. The average molecular weight is 362 g/mol. The van der Waals surface area contributed by atoms with Crippen molar-refractivity contribution in [1.82, 2.24) is 5.32 Å². The highest BCUT2D eigenvalue weighted by molar-refractivity contribution is 6.43. The van der Waals surface area contributed by atoms with Crippen molar-refractivity contribution in [2.75, 3.05) is 0 Å². The van der Waals surface area contributed by atoms with Crippen LogP contribution in [0.15, 0.2) is 36.4 Å². The summed E-state index contributed by atoms with van der Waals surface area (Å²) in [5.74, 6) is -1.13. The molecule has 0 aromatic heterocycles. The Morgan fingerprint density at radius 2 is 1.62 bits per heavy atom. The normalized spacial score (nSPS) is 19.5. The van der Waals surface area contributed by atoms with Crippen LogP contribution in [0.1, 0.15) is 30.9 Å². The highest BCUT2D eigenvalue weighted by atomic mass is 35.5. The molecule has 0 radical (unpaired) electrons. The molecule has 0 aliphatic carbocycles. The minimum atomic E-state index is -0.826. The van der Waals surface area contributed by atoms with Crippen molar-refractivity contribution >= 4 is 34.9 Å². The van der Waals surface area contributed by atoms with Gasteiger partial charge in [-0.25, -0.2) is 0 Å². The van der Waals surface area contributed by atoms with Gasteiger partial charge in [-0.1, -0.05) is 53.5 Å². The van der Waals surface area contributed by atoms with Gasteiger partial charge in [0, 0.05) is 5.56 Å². The Labute approximate surface area is 151 Å². The molecule has 2 aromatic rings. The molecule has 1 aliphatic heterocycles. The van der Waals surface area contributed by atoms with Crippen LogP contribution < -0.4 is 5.32 Å². The largest absolute Gasteiger partial charge is 0.343 e. The first-order valence-corrected chi connectivity index (χ1v) is 8.39. The predicted molar refractivity (Wildman–Crippen MR) is 96.6 cm³/mol. The van der Waals surface area contributed by atoms with Gasteiger partial charge >= 0.3 is 0 Å². The van der Waals surface area contributed by atoms with Crippen molar-refractivity contribution in [2.24, 2.45) is 0 Å². The third-order valence-corrected chi connectivity index (χ3v) is 5.22. The number of carbonyl (C=O) groups excluding carboxylic acids is 2. The maximum Gasteiger partial charge on any atom is 0.235 e. The van der Waals surface area contributed by atoms with Gasteiger partial charge in [-0.15, -0.1) is 0 Å². The Morgan fingerprint density at radius 1 is 1.00 bits per heavy atom. The Bertz CT molecular complexity index is 841. The number of benzene rings is 2. The average Bonchev–Trinajstić information content (AvgIpc) is 2.72. The van der Waals surface area contributed by atoms with Gasteiger partial charge in [-0.05, 0) is 43.5 Å². The molecule has 1 heterocycles. The molecule has 1 amide bonds. The van der Waals surface area contributed by atoms with Crippen molar-refractivity contribution in [3.63, 3.8) is 0 Å². The summed E-state index contributed by atoms with van der Waals surface area (Å²) in [6.45, 7) is 5.40. The molecule has 2 aromatic carbocycles. The zero-order valence-corrected chi connectivity index (χ0v) is 15.1. The fourth-order valence-electron chi connectivity index (χ4n) is 3.07. The van der Waals surface area contributed by atoms with E-state index in [9.17, 15) is 9.59 Å². The lowest BCUT2D eigenvalue weighted by atomic mass is 9.88. The van der Waals surface area contributed by atoms with Gasteiger partial charge < -0.3 is 5.32 Å². The Morgan fingerprint density at radius 3 is 2.17 bits per heavy atom. The number of rotatable bonds is 2. The number of hydrogen-bond acceptors (Lipinski definition) is 2. The van der Waals surface area contributed by atoms with Crippen molar-refractivity contribution in [2.45, 2.75) is 32.2 Å². The summed E-state index contributed by atoms with van der Waals surface area (Å²) in [6, 6.07) is 11.0. The monoisotopic (exact) mass is 361 g/mol. The third kappa shape index (κ3) is 2.72. The summed E-state index contributed by atoms with van der Waals surface area (Å²) in [5, 5.41) is 3.73. The Kier molecular flexibility index (Phi) is 4.18. The first kappa shape index (κ1) is 17.0. The first-order valence-electron chi connectivity index (χ1n) is 7.63. The van der Waals surface area contributed by atoms with E-state index in [1.54, 1.807) is 32.0 Å². The van der Waals surface area contributed by atoms with Crippen LogP contribution in [0.3, 0.4) is 0 Å². The van der Waals surface area contributed by atoms with E-state index < -0.39 is 11.5 Å². The van der Waals surface area contributed by atoms with Crippen molar-refractivity contribution in [3.05, 3.63) is 57.6 Å². The van der Waals surface area contributed by atoms with Crippen molar-refractivity contribution < 1.29 is 9.59 Å². The van der Waals surface area contributed by atoms with Crippen LogP contribution in [0, 0.1) is 6.92 Å². The summed E-state index contributed by atoms with van der Waals surface area (Å²) in [7, 11) is 0. The summed E-state index contributed by atoms with van der Waals surface area (Å²) >= 11 is 12.4. The smallest absolute Gasteiger partial charge is 0.235 e. The van der Waals surface area contributed by atoms with Gasteiger partial charge in [0.05, 0.1) is 15.6 Å². The summed E-state index contributed by atoms with van der Waals surface area (Å²) < 4.78 is 0. The van der Waals surface area contributed by atoms with E-state index in [4.69, 9.17) is 23.2 Å². The Balaban J connectivity index is 2.00. The van der Waals surface area contributed by atoms with Gasteiger partial charge in [0.25, 0.3) is 0 Å². The lowest BCUT2D eigenvalue weighted by molar-refractivity contribution is -0.125. The maximum absolute atomic E-state index is 12.4. The zero-order chi connectivity index (χ0) is 17.6. The molecule has 1 N–H and O–H groups in total. The van der Waals surface area contributed by atoms with Gasteiger partial charge in [-0.2, -0.15) is 0 Å². The molecule has 1 aliphatic rings. The molecule has 3 nitrogen and oxygen atoms in total. The molecule has 1 fully saturated rings.